The Morgan fingerprint density at radius 2 is 2.10 bits per heavy atom. The maximum atomic E-state index is 14.1. The minimum Gasteiger partial charge on any atom is -0.496 e. The van der Waals surface area contributed by atoms with Gasteiger partial charge in [0.2, 0.25) is 0 Å². The minimum atomic E-state index is -0.196. The van der Waals surface area contributed by atoms with Crippen LogP contribution in [0.25, 0.3) is 0 Å². The van der Waals surface area contributed by atoms with Gasteiger partial charge in [-0.25, -0.2) is 4.39 Å². The highest BCUT2D eigenvalue weighted by Crippen LogP contribution is 2.37. The van der Waals surface area contributed by atoms with Crippen molar-refractivity contribution in [2.24, 2.45) is 5.41 Å². The highest BCUT2D eigenvalue weighted by atomic mass is 19.1. The number of halogens is 1. The lowest BCUT2D eigenvalue weighted by Crippen LogP contribution is -2.45. The fourth-order valence-corrected chi connectivity index (χ4v) is 3.30. The fourth-order valence-electron chi connectivity index (χ4n) is 3.30. The summed E-state index contributed by atoms with van der Waals surface area (Å²) < 4.78 is 19.4. The predicted molar refractivity (Wildman–Crippen MR) is 80.5 cm³/mol. The van der Waals surface area contributed by atoms with Gasteiger partial charge in [0.25, 0.3) is 0 Å². The van der Waals surface area contributed by atoms with E-state index < -0.39 is 0 Å². The molecule has 0 aliphatic heterocycles. The maximum absolute atomic E-state index is 14.1. The second-order valence-electron chi connectivity index (χ2n) is 6.53. The lowest BCUT2D eigenvalue weighted by atomic mass is 9.73. The largest absolute Gasteiger partial charge is 0.496 e. The summed E-state index contributed by atoms with van der Waals surface area (Å²) in [6, 6.07) is 5.39. The van der Waals surface area contributed by atoms with Gasteiger partial charge in [0, 0.05) is 17.6 Å². The van der Waals surface area contributed by atoms with Gasteiger partial charge in [0.1, 0.15) is 11.6 Å². The molecule has 1 fully saturated rings. The van der Waals surface area contributed by atoms with E-state index >= 15 is 0 Å². The molecule has 2 unspecified atom stereocenters. The first-order valence-corrected chi connectivity index (χ1v) is 7.54. The zero-order chi connectivity index (χ0) is 14.8. The summed E-state index contributed by atoms with van der Waals surface area (Å²) in [5.41, 5.74) is 0.904. The topological polar surface area (TPSA) is 21.3 Å². The van der Waals surface area contributed by atoms with E-state index in [0.29, 0.717) is 17.4 Å². The van der Waals surface area contributed by atoms with Crippen LogP contribution in [0.5, 0.6) is 5.75 Å². The van der Waals surface area contributed by atoms with Crippen molar-refractivity contribution in [3.8, 4) is 5.75 Å². The van der Waals surface area contributed by atoms with Crippen LogP contribution in [0.2, 0.25) is 0 Å². The van der Waals surface area contributed by atoms with E-state index in [2.05, 4.69) is 19.2 Å². The number of rotatable bonds is 4. The van der Waals surface area contributed by atoms with Gasteiger partial charge in [0.15, 0.2) is 0 Å². The molecule has 2 rings (SSSR count). The number of hydrogen-bond acceptors (Lipinski definition) is 2. The zero-order valence-electron chi connectivity index (χ0n) is 13.0. The molecule has 1 aliphatic rings. The Morgan fingerprint density at radius 3 is 2.75 bits per heavy atom. The summed E-state index contributed by atoms with van der Waals surface area (Å²) in [5, 5.41) is 3.62. The van der Waals surface area contributed by atoms with Crippen LogP contribution in [0, 0.1) is 11.2 Å². The van der Waals surface area contributed by atoms with Crippen LogP contribution in [0.1, 0.15) is 58.1 Å². The van der Waals surface area contributed by atoms with E-state index in [1.165, 1.54) is 25.3 Å². The molecular weight excluding hydrogens is 253 g/mol. The summed E-state index contributed by atoms with van der Waals surface area (Å²) in [7, 11) is 1.59. The molecule has 0 spiro atoms. The van der Waals surface area contributed by atoms with Crippen molar-refractivity contribution in [3.05, 3.63) is 29.6 Å². The monoisotopic (exact) mass is 279 g/mol. The van der Waals surface area contributed by atoms with Gasteiger partial charge in [0.05, 0.1) is 7.11 Å². The molecule has 112 valence electrons. The van der Waals surface area contributed by atoms with Gasteiger partial charge < -0.3 is 10.1 Å². The highest BCUT2D eigenvalue weighted by molar-refractivity contribution is 5.37. The minimum absolute atomic E-state index is 0.0477. The molecule has 0 bridgehead atoms. The lowest BCUT2D eigenvalue weighted by Gasteiger charge is -2.41. The van der Waals surface area contributed by atoms with Crippen molar-refractivity contribution in [2.75, 3.05) is 7.11 Å². The average molecular weight is 279 g/mol. The maximum Gasteiger partial charge on any atom is 0.131 e. The summed E-state index contributed by atoms with van der Waals surface area (Å²) in [6.07, 6.45) is 4.94. The molecule has 1 aliphatic carbocycles. The predicted octanol–water partition coefficient (Wildman–Crippen LogP) is 4.45. The zero-order valence-corrected chi connectivity index (χ0v) is 13.0. The third-order valence-electron chi connectivity index (χ3n) is 4.62. The van der Waals surface area contributed by atoms with Crippen molar-refractivity contribution in [1.29, 1.82) is 0 Å². The highest BCUT2D eigenvalue weighted by Gasteiger charge is 2.33. The Morgan fingerprint density at radius 1 is 1.35 bits per heavy atom. The smallest absolute Gasteiger partial charge is 0.131 e. The second-order valence-corrected chi connectivity index (χ2v) is 6.53. The van der Waals surface area contributed by atoms with Gasteiger partial charge in [-0.05, 0) is 37.3 Å². The van der Waals surface area contributed by atoms with Crippen LogP contribution in [-0.4, -0.2) is 13.2 Å². The summed E-state index contributed by atoms with van der Waals surface area (Å²) in [4.78, 5) is 0. The van der Waals surface area contributed by atoms with E-state index in [0.717, 1.165) is 6.42 Å². The summed E-state index contributed by atoms with van der Waals surface area (Å²) in [5.74, 6) is 0.427. The molecule has 1 aromatic carbocycles. The average Bonchev–Trinajstić information content (AvgIpc) is 2.40. The Labute approximate surface area is 121 Å². The normalized spacial score (nSPS) is 23.4. The SMILES string of the molecule is COc1cccc(F)c1C(C)NC1CCCCC1(C)C. The molecule has 0 heterocycles. The Kier molecular flexibility index (Phi) is 4.69. The third kappa shape index (κ3) is 3.14. The van der Waals surface area contributed by atoms with Crippen LogP contribution in [-0.2, 0) is 0 Å². The standard InChI is InChI=1S/C17H26FNO/c1-12(16-13(18)8-7-9-14(16)20-4)19-15-10-5-6-11-17(15,2)3/h7-9,12,15,19H,5-6,10-11H2,1-4H3. The number of ether oxygens (including phenoxy) is 1. The number of methoxy groups -OCH3 is 1. The summed E-state index contributed by atoms with van der Waals surface area (Å²) >= 11 is 0. The van der Waals surface area contributed by atoms with Gasteiger partial charge in [-0.1, -0.05) is 32.8 Å². The van der Waals surface area contributed by atoms with E-state index in [1.807, 2.05) is 13.0 Å². The van der Waals surface area contributed by atoms with E-state index in [1.54, 1.807) is 13.2 Å². The number of benzene rings is 1. The number of nitrogens with one attached hydrogen (secondary N) is 1. The first-order valence-electron chi connectivity index (χ1n) is 7.54. The molecule has 1 N–H and O–H groups in total. The lowest BCUT2D eigenvalue weighted by molar-refractivity contribution is 0.156. The van der Waals surface area contributed by atoms with Gasteiger partial charge in [-0.2, -0.15) is 0 Å². The molecular formula is C17H26FNO. The molecule has 3 heteroatoms. The van der Waals surface area contributed by atoms with Crippen LogP contribution >= 0.6 is 0 Å². The molecule has 2 atom stereocenters. The molecule has 0 saturated heterocycles. The Balaban J connectivity index is 2.18. The molecule has 2 nitrogen and oxygen atoms in total. The third-order valence-corrected chi connectivity index (χ3v) is 4.62. The van der Waals surface area contributed by atoms with Gasteiger partial charge in [-0.3, -0.25) is 0 Å². The Hall–Kier alpha value is -1.09. The molecule has 0 aromatic heterocycles. The Bertz CT molecular complexity index is 458. The van der Waals surface area contributed by atoms with Crippen LogP contribution in [0.4, 0.5) is 4.39 Å². The van der Waals surface area contributed by atoms with Crippen LogP contribution in [0.15, 0.2) is 18.2 Å². The molecule has 1 saturated carbocycles. The quantitative estimate of drug-likeness (QED) is 0.879. The van der Waals surface area contributed by atoms with Gasteiger partial charge >= 0.3 is 0 Å². The van der Waals surface area contributed by atoms with Crippen molar-refractivity contribution >= 4 is 0 Å². The first kappa shape index (κ1) is 15.3. The number of hydrogen-bond donors (Lipinski definition) is 1. The van der Waals surface area contributed by atoms with Crippen molar-refractivity contribution < 1.29 is 9.13 Å². The molecule has 20 heavy (non-hydrogen) atoms. The van der Waals surface area contributed by atoms with E-state index in [9.17, 15) is 4.39 Å². The molecule has 1 aromatic rings. The van der Waals surface area contributed by atoms with Crippen molar-refractivity contribution in [1.82, 2.24) is 5.32 Å². The first-order chi connectivity index (χ1) is 9.45. The molecule has 0 amide bonds. The fraction of sp³-hybridized carbons (Fsp3) is 0.647. The van der Waals surface area contributed by atoms with Gasteiger partial charge in [-0.15, -0.1) is 0 Å². The second kappa shape index (κ2) is 6.13. The van der Waals surface area contributed by atoms with E-state index in [-0.39, 0.29) is 17.3 Å². The van der Waals surface area contributed by atoms with Crippen molar-refractivity contribution in [3.63, 3.8) is 0 Å². The van der Waals surface area contributed by atoms with Crippen LogP contribution < -0.4 is 10.1 Å². The molecule has 0 radical (unpaired) electrons. The van der Waals surface area contributed by atoms with Crippen LogP contribution in [0.3, 0.4) is 0 Å². The van der Waals surface area contributed by atoms with E-state index in [4.69, 9.17) is 4.74 Å². The van der Waals surface area contributed by atoms with Crippen molar-refractivity contribution in [2.45, 2.75) is 58.5 Å². The summed E-state index contributed by atoms with van der Waals surface area (Å²) in [6.45, 7) is 6.62.